The van der Waals surface area contributed by atoms with Gasteiger partial charge in [-0.25, -0.2) is 13.4 Å². The van der Waals surface area contributed by atoms with E-state index in [-0.39, 0.29) is 36.0 Å². The van der Waals surface area contributed by atoms with Gasteiger partial charge in [0.15, 0.2) is 5.82 Å². The first-order valence-electron chi connectivity index (χ1n) is 9.95. The van der Waals surface area contributed by atoms with Crippen LogP contribution < -0.4 is 34.5 Å². The Morgan fingerprint density at radius 1 is 1.00 bits per heavy atom. The van der Waals surface area contributed by atoms with Crippen molar-refractivity contribution in [3.05, 3.63) is 66.9 Å². The summed E-state index contributed by atoms with van der Waals surface area (Å²) in [7, 11) is -0.259. The minimum Gasteiger partial charge on any atom is -0.748 e. The summed E-state index contributed by atoms with van der Waals surface area (Å²) in [5, 5.41) is 0. The Morgan fingerprint density at radius 3 is 2.41 bits per heavy atom. The van der Waals surface area contributed by atoms with E-state index in [2.05, 4.69) is 29.2 Å². The molecule has 0 radical (unpaired) electrons. The topological polar surface area (TPSA) is 91.2 Å². The van der Waals surface area contributed by atoms with Crippen molar-refractivity contribution in [2.24, 2.45) is 0 Å². The number of benzene rings is 2. The first-order chi connectivity index (χ1) is 14.8. The van der Waals surface area contributed by atoms with Crippen molar-refractivity contribution in [2.45, 2.75) is 13.0 Å². The fraction of sp³-hybridized carbons (Fsp3) is 0.217. The van der Waals surface area contributed by atoms with Gasteiger partial charge < -0.3 is 14.0 Å². The van der Waals surface area contributed by atoms with Gasteiger partial charge in [-0.2, -0.15) is 0 Å². The third-order valence-corrected chi connectivity index (χ3v) is 5.93. The summed E-state index contributed by atoms with van der Waals surface area (Å²) < 4.78 is 35.1. The van der Waals surface area contributed by atoms with Crippen LogP contribution in [0.25, 0.3) is 33.7 Å². The maximum absolute atomic E-state index is 11.0. The third kappa shape index (κ3) is 5.57. The van der Waals surface area contributed by atoms with E-state index < -0.39 is 15.9 Å². The molecule has 0 fully saturated rings. The molecule has 0 unspecified atom stereocenters. The van der Waals surface area contributed by atoms with Gasteiger partial charge in [-0.3, -0.25) is 4.98 Å². The van der Waals surface area contributed by atoms with Gasteiger partial charge in [-0.05, 0) is 53.9 Å². The van der Waals surface area contributed by atoms with E-state index >= 15 is 0 Å². The number of imidazole rings is 1. The van der Waals surface area contributed by atoms with Crippen LogP contribution in [0.2, 0.25) is 0 Å². The molecule has 4 rings (SSSR count). The maximum Gasteiger partial charge on any atom is 1.00 e. The van der Waals surface area contributed by atoms with E-state index in [1.807, 2.05) is 60.0 Å². The molecule has 2 aromatic carbocycles. The van der Waals surface area contributed by atoms with E-state index in [9.17, 15) is 13.0 Å². The first-order valence-corrected chi connectivity index (χ1v) is 11.5. The molecule has 0 spiro atoms. The summed E-state index contributed by atoms with van der Waals surface area (Å²) in [4.78, 5) is 11.3. The van der Waals surface area contributed by atoms with Crippen LogP contribution >= 0.6 is 0 Å². The quantitative estimate of drug-likeness (QED) is 0.300. The molecule has 0 saturated heterocycles. The van der Waals surface area contributed by atoms with E-state index in [4.69, 9.17) is 4.98 Å². The summed E-state index contributed by atoms with van der Waals surface area (Å²) >= 11 is 0. The second-order valence-corrected chi connectivity index (χ2v) is 9.09. The predicted octanol–water partition coefficient (Wildman–Crippen LogP) is 0.771. The number of pyridine rings is 1. The van der Waals surface area contributed by atoms with Crippen molar-refractivity contribution in [1.82, 2.24) is 14.5 Å². The van der Waals surface area contributed by atoms with Crippen molar-refractivity contribution in [3.8, 4) is 22.6 Å². The van der Waals surface area contributed by atoms with Crippen LogP contribution in [0.3, 0.4) is 0 Å². The first kappa shape index (κ1) is 24.4. The number of nitrogens with zero attached hydrogens (tertiary/aromatic N) is 4. The van der Waals surface area contributed by atoms with Gasteiger partial charge in [0.25, 0.3) is 0 Å². The Balaban J connectivity index is 0.00000289. The number of aromatic nitrogens is 3. The van der Waals surface area contributed by atoms with E-state index in [0.29, 0.717) is 18.1 Å². The van der Waals surface area contributed by atoms with Crippen LogP contribution in [-0.4, -0.2) is 47.4 Å². The van der Waals surface area contributed by atoms with Crippen molar-refractivity contribution in [1.29, 1.82) is 0 Å². The summed E-state index contributed by atoms with van der Waals surface area (Å²) in [6.45, 7) is 0.362. The second-order valence-electron chi connectivity index (χ2n) is 7.56. The minimum absolute atomic E-state index is 0. The van der Waals surface area contributed by atoms with Crippen LogP contribution in [0.5, 0.6) is 0 Å². The van der Waals surface area contributed by atoms with Crippen molar-refractivity contribution < 1.29 is 42.5 Å². The van der Waals surface area contributed by atoms with Crippen molar-refractivity contribution in [2.75, 3.05) is 24.7 Å². The van der Waals surface area contributed by atoms with Crippen LogP contribution in [0.4, 0.5) is 5.69 Å². The molecule has 32 heavy (non-hydrogen) atoms. The molecule has 0 atom stereocenters. The van der Waals surface area contributed by atoms with Gasteiger partial charge in [-0.1, -0.05) is 24.3 Å². The van der Waals surface area contributed by atoms with E-state index in [0.717, 1.165) is 27.8 Å². The SMILES string of the molecule is CN(C)c1ccc(-c2ccnc(-c3nc4ccccc4n3CCCS(=O)(=O)[O-])c2)cc1.[Na+]. The van der Waals surface area contributed by atoms with Crippen LogP contribution in [0.1, 0.15) is 6.42 Å². The Morgan fingerprint density at radius 2 is 1.72 bits per heavy atom. The van der Waals surface area contributed by atoms with Crippen LogP contribution in [-0.2, 0) is 16.7 Å². The fourth-order valence-electron chi connectivity index (χ4n) is 3.58. The molecule has 9 heteroatoms. The molecule has 0 N–H and O–H groups in total. The van der Waals surface area contributed by atoms with Crippen LogP contribution in [0.15, 0.2) is 66.9 Å². The number of aryl methyl sites for hydroxylation is 1. The summed E-state index contributed by atoms with van der Waals surface area (Å²) in [6, 6.07) is 19.8. The number of hydrogen-bond donors (Lipinski definition) is 0. The average Bonchev–Trinajstić information content (AvgIpc) is 3.12. The Hall–Kier alpha value is -2.23. The van der Waals surface area contributed by atoms with E-state index in [1.165, 1.54) is 0 Å². The minimum atomic E-state index is -4.26. The largest absolute Gasteiger partial charge is 1.00 e. The molecule has 7 nitrogen and oxygen atoms in total. The Bertz CT molecular complexity index is 1320. The number of rotatable bonds is 7. The average molecular weight is 459 g/mol. The standard InChI is InChI=1S/C23H24N4O3S.Na/c1-26(2)19-10-8-17(9-11-19)18-12-13-24-21(16-18)23-25-20-6-3-4-7-22(20)27(23)14-5-15-31(28,29)30;/h3-4,6-13,16H,5,14-15H2,1-2H3,(H,28,29,30);/q;+1/p-1. The summed E-state index contributed by atoms with van der Waals surface area (Å²) in [5.74, 6) is 0.237. The number of anilines is 1. The summed E-state index contributed by atoms with van der Waals surface area (Å²) in [5.41, 5.74) is 5.56. The third-order valence-electron chi connectivity index (χ3n) is 5.14. The predicted molar refractivity (Wildman–Crippen MR) is 122 cm³/mol. The van der Waals surface area contributed by atoms with Gasteiger partial charge in [-0.15, -0.1) is 0 Å². The zero-order valence-electron chi connectivity index (χ0n) is 18.4. The molecule has 0 aliphatic carbocycles. The van der Waals surface area contributed by atoms with Gasteiger partial charge in [0.2, 0.25) is 0 Å². The fourth-order valence-corrected chi connectivity index (χ4v) is 4.06. The zero-order chi connectivity index (χ0) is 22.0. The molecule has 0 amide bonds. The molecular weight excluding hydrogens is 435 g/mol. The molecule has 160 valence electrons. The monoisotopic (exact) mass is 458 g/mol. The van der Waals surface area contributed by atoms with Crippen LogP contribution in [0, 0.1) is 0 Å². The van der Waals surface area contributed by atoms with Crippen molar-refractivity contribution in [3.63, 3.8) is 0 Å². The van der Waals surface area contributed by atoms with Gasteiger partial charge in [0.05, 0.1) is 21.2 Å². The van der Waals surface area contributed by atoms with Gasteiger partial charge in [0, 0.05) is 38.3 Å². The molecule has 0 saturated carbocycles. The van der Waals surface area contributed by atoms with Crippen molar-refractivity contribution >= 4 is 26.8 Å². The Kier molecular flexibility index (Phi) is 7.74. The van der Waals surface area contributed by atoms with Gasteiger partial charge >= 0.3 is 29.6 Å². The van der Waals surface area contributed by atoms with E-state index in [1.54, 1.807) is 6.20 Å². The molecular formula is C23H23N4NaO3S. The molecule has 4 aromatic rings. The molecule has 2 heterocycles. The number of hydrogen-bond acceptors (Lipinski definition) is 6. The normalized spacial score (nSPS) is 11.3. The Labute approximate surface area is 210 Å². The second kappa shape index (κ2) is 10.1. The molecule has 2 aromatic heterocycles. The van der Waals surface area contributed by atoms with Gasteiger partial charge in [0.1, 0.15) is 5.69 Å². The summed E-state index contributed by atoms with van der Waals surface area (Å²) in [6.07, 6.45) is 1.96. The zero-order valence-corrected chi connectivity index (χ0v) is 21.2. The molecule has 0 bridgehead atoms. The molecule has 0 aliphatic rings. The number of para-hydroxylation sites is 2. The smallest absolute Gasteiger partial charge is 0.748 e. The maximum atomic E-state index is 11.0. The molecule has 0 aliphatic heterocycles. The number of fused-ring (bicyclic) bond motifs is 1.